The molecule has 1 atom stereocenters. The van der Waals surface area contributed by atoms with E-state index in [1.54, 1.807) is 0 Å². The number of carboxylic acid groups (broad SMARTS) is 2. The maximum atomic E-state index is 10.8. The van der Waals surface area contributed by atoms with E-state index in [1.807, 2.05) is 0 Å². The normalized spacial score (nSPS) is 10.4. The van der Waals surface area contributed by atoms with Gasteiger partial charge in [0.2, 0.25) is 0 Å². The molecule has 21 heavy (non-hydrogen) atoms. The topological polar surface area (TPSA) is 238 Å². The molecule has 0 aromatic carbocycles. The Hall–Kier alpha value is -0.0800. The van der Waals surface area contributed by atoms with Gasteiger partial charge in [0.1, 0.15) is 5.60 Å². The Morgan fingerprint density at radius 3 is 1.62 bits per heavy atom. The molecular formula is C8H14Na2O11. The number of hydrogen-bond acceptors (Lipinski definition) is 8. The summed E-state index contributed by atoms with van der Waals surface area (Å²) in [6.45, 7) is 0.884. The van der Waals surface area contributed by atoms with Gasteiger partial charge in [-0.15, -0.1) is 0 Å². The molecule has 0 radical (unpaired) electrons. The molecule has 0 aromatic rings. The van der Waals surface area contributed by atoms with Gasteiger partial charge in [-0.25, -0.2) is 0 Å². The zero-order valence-corrected chi connectivity index (χ0v) is 15.7. The quantitative estimate of drug-likeness (QED) is 0.287. The molecule has 11 nitrogen and oxygen atoms in total. The molecule has 0 saturated heterocycles. The molecule has 0 saturated carbocycles. The second-order valence-electron chi connectivity index (χ2n) is 3.01. The van der Waals surface area contributed by atoms with E-state index in [1.165, 1.54) is 0 Å². The number of carboxylic acids is 2. The van der Waals surface area contributed by atoms with Crippen LogP contribution in [0.1, 0.15) is 19.8 Å². The molecule has 0 aromatic heterocycles. The maximum absolute atomic E-state index is 10.8. The monoisotopic (exact) mass is 332 g/mol. The van der Waals surface area contributed by atoms with Gasteiger partial charge in [0.05, 0.1) is 12.4 Å². The van der Waals surface area contributed by atoms with Gasteiger partial charge in [0.15, 0.2) is 0 Å². The molecule has 0 aliphatic carbocycles. The van der Waals surface area contributed by atoms with Gasteiger partial charge in [-0.05, 0) is 0 Å². The first-order valence-corrected chi connectivity index (χ1v) is 4.02. The van der Waals surface area contributed by atoms with Gasteiger partial charge in [-0.1, -0.05) is 0 Å². The Labute approximate surface area is 163 Å². The number of carbonyl (C=O) groups excluding carboxylic acids is 4. The Balaban J connectivity index is -0.000000112. The minimum atomic E-state index is -2.95. The number of ether oxygens (including phenoxy) is 1. The number of aliphatic hydroxyl groups is 1. The standard InChI is InChI=1S/C8H10O8.2Na.3H2O/c1-4(9)16-6(12)3-8(15,7(13)14)2-5(10)11;;;;;/h15H,2-3H2,1H3,(H,10,11)(H,13,14);;;3*1H2/q;2*+1;;;/p-2. The van der Waals surface area contributed by atoms with E-state index >= 15 is 0 Å². The van der Waals surface area contributed by atoms with Crippen LogP contribution in [0.5, 0.6) is 0 Å². The summed E-state index contributed by atoms with van der Waals surface area (Å²) in [5.74, 6) is -6.45. The van der Waals surface area contributed by atoms with E-state index in [0.717, 1.165) is 6.92 Å². The van der Waals surface area contributed by atoms with Gasteiger partial charge in [-0.2, -0.15) is 0 Å². The molecule has 0 rings (SSSR count). The predicted molar refractivity (Wildman–Crippen MR) is 51.8 cm³/mol. The third kappa shape index (κ3) is 16.1. The average molecular weight is 332 g/mol. The van der Waals surface area contributed by atoms with E-state index in [-0.39, 0.29) is 75.5 Å². The molecule has 0 aliphatic rings. The fraction of sp³-hybridized carbons (Fsp3) is 0.500. The van der Waals surface area contributed by atoms with Gasteiger partial charge < -0.3 is 46.1 Å². The first-order valence-electron chi connectivity index (χ1n) is 4.02. The van der Waals surface area contributed by atoms with Gasteiger partial charge in [0, 0.05) is 19.3 Å². The average Bonchev–Trinajstić information content (AvgIpc) is 1.98. The van der Waals surface area contributed by atoms with E-state index < -0.39 is 42.3 Å². The summed E-state index contributed by atoms with van der Waals surface area (Å²) in [5, 5.41) is 29.8. The summed E-state index contributed by atoms with van der Waals surface area (Å²) in [5.41, 5.74) is -2.95. The van der Waals surface area contributed by atoms with Crippen molar-refractivity contribution in [1.29, 1.82) is 0 Å². The van der Waals surface area contributed by atoms with Crippen molar-refractivity contribution in [2.45, 2.75) is 25.4 Å². The van der Waals surface area contributed by atoms with E-state index in [0.29, 0.717) is 0 Å². The van der Waals surface area contributed by atoms with Crippen LogP contribution >= 0.6 is 0 Å². The first-order chi connectivity index (χ1) is 7.17. The van der Waals surface area contributed by atoms with Crippen molar-refractivity contribution in [3.63, 3.8) is 0 Å². The summed E-state index contributed by atoms with van der Waals surface area (Å²) < 4.78 is 3.94. The Bertz CT molecular complexity index is 345. The third-order valence-electron chi connectivity index (χ3n) is 1.51. The third-order valence-corrected chi connectivity index (χ3v) is 1.51. The molecule has 0 heterocycles. The van der Waals surface area contributed by atoms with E-state index in [2.05, 4.69) is 4.74 Å². The fourth-order valence-electron chi connectivity index (χ4n) is 0.881. The van der Waals surface area contributed by atoms with Crippen molar-refractivity contribution in [2.75, 3.05) is 0 Å². The van der Waals surface area contributed by atoms with Crippen LogP contribution in [0, 0.1) is 0 Å². The minimum Gasteiger partial charge on any atom is -0.550 e. The van der Waals surface area contributed by atoms with Crippen molar-refractivity contribution in [2.24, 2.45) is 0 Å². The molecular weight excluding hydrogens is 318 g/mol. The van der Waals surface area contributed by atoms with Crippen LogP contribution < -0.4 is 69.3 Å². The van der Waals surface area contributed by atoms with Crippen LogP contribution in [-0.4, -0.2) is 51.0 Å². The molecule has 0 fully saturated rings. The minimum absolute atomic E-state index is 0. The van der Waals surface area contributed by atoms with Crippen LogP contribution in [0.2, 0.25) is 0 Å². The van der Waals surface area contributed by atoms with Crippen LogP contribution in [-0.2, 0) is 23.9 Å². The number of esters is 2. The zero-order chi connectivity index (χ0) is 12.9. The van der Waals surface area contributed by atoms with E-state index in [9.17, 15) is 34.5 Å². The Morgan fingerprint density at radius 1 is 1.00 bits per heavy atom. The molecule has 13 heteroatoms. The number of carbonyl (C=O) groups is 4. The molecule has 0 spiro atoms. The smallest absolute Gasteiger partial charge is 0.550 e. The van der Waals surface area contributed by atoms with Crippen LogP contribution in [0.25, 0.3) is 0 Å². The van der Waals surface area contributed by atoms with Crippen LogP contribution in [0.4, 0.5) is 0 Å². The second kappa shape index (κ2) is 16.3. The van der Waals surface area contributed by atoms with Crippen LogP contribution in [0.15, 0.2) is 0 Å². The summed E-state index contributed by atoms with van der Waals surface area (Å²) in [4.78, 5) is 41.7. The number of rotatable bonds is 5. The molecule has 114 valence electrons. The van der Waals surface area contributed by atoms with Gasteiger partial charge in [-0.3, -0.25) is 9.59 Å². The molecule has 0 amide bonds. The van der Waals surface area contributed by atoms with Crippen molar-refractivity contribution >= 4 is 23.9 Å². The van der Waals surface area contributed by atoms with Gasteiger partial charge >= 0.3 is 71.1 Å². The van der Waals surface area contributed by atoms with Crippen LogP contribution in [0.3, 0.4) is 0 Å². The summed E-state index contributed by atoms with van der Waals surface area (Å²) >= 11 is 0. The Kier molecular flexibility index (Phi) is 28.9. The fourth-order valence-corrected chi connectivity index (χ4v) is 0.881. The second-order valence-corrected chi connectivity index (χ2v) is 3.01. The van der Waals surface area contributed by atoms with E-state index in [4.69, 9.17) is 0 Å². The summed E-state index contributed by atoms with van der Waals surface area (Å²) in [6.07, 6.45) is -2.56. The number of aliphatic carboxylic acids is 2. The molecule has 0 bridgehead atoms. The molecule has 0 aliphatic heterocycles. The van der Waals surface area contributed by atoms with Crippen molar-refractivity contribution in [1.82, 2.24) is 0 Å². The predicted octanol–water partition coefficient (Wildman–Crippen LogP) is -12.4. The summed E-state index contributed by atoms with van der Waals surface area (Å²) in [7, 11) is 0. The van der Waals surface area contributed by atoms with Crippen molar-refractivity contribution in [3.05, 3.63) is 0 Å². The van der Waals surface area contributed by atoms with Crippen molar-refractivity contribution in [3.8, 4) is 0 Å². The molecule has 7 N–H and O–H groups in total. The number of hydrogen-bond donors (Lipinski definition) is 1. The zero-order valence-electron chi connectivity index (χ0n) is 11.7. The first kappa shape index (κ1) is 37.3. The molecule has 1 unspecified atom stereocenters. The maximum Gasteiger partial charge on any atom is 1.00 e. The summed E-state index contributed by atoms with van der Waals surface area (Å²) in [6, 6.07) is 0. The SMILES string of the molecule is CC(=O)OC(=O)CC(O)(CC(=O)[O-])C(=O)[O-].O.O.O.[Na+].[Na+]. The Morgan fingerprint density at radius 2 is 1.38 bits per heavy atom. The van der Waals surface area contributed by atoms with Crippen molar-refractivity contribution < 1.29 is 115 Å². The van der Waals surface area contributed by atoms with Gasteiger partial charge in [0.25, 0.3) is 0 Å². The largest absolute Gasteiger partial charge is 1.00 e.